The number of halogens is 1. The number of nitrogens with zero attached hydrogens (tertiary/aromatic N) is 4. The summed E-state index contributed by atoms with van der Waals surface area (Å²) in [6.07, 6.45) is 3.35. The van der Waals surface area contributed by atoms with Crippen molar-refractivity contribution in [1.82, 2.24) is 19.7 Å². The molecule has 0 amide bonds. The largest absolute Gasteiger partial charge is 0.311 e. The van der Waals surface area contributed by atoms with Crippen LogP contribution in [0.4, 0.5) is 4.39 Å². The van der Waals surface area contributed by atoms with E-state index < -0.39 is 15.7 Å². The maximum Gasteiger partial charge on any atom is 0.183 e. The Morgan fingerprint density at radius 1 is 1.03 bits per heavy atom. The van der Waals surface area contributed by atoms with E-state index in [4.69, 9.17) is 0 Å². The number of rotatable bonds is 5. The fraction of sp³-hybridized carbons (Fsp3) is 0.227. The molecule has 4 aromatic rings. The highest BCUT2D eigenvalue weighted by Gasteiger charge is 2.16. The highest BCUT2D eigenvalue weighted by Crippen LogP contribution is 2.32. The second-order valence-corrected chi connectivity index (χ2v) is 9.58. The minimum absolute atomic E-state index is 0.0181. The topological polar surface area (TPSA) is 77.7 Å². The Kier molecular flexibility index (Phi) is 5.11. The third-order valence-electron chi connectivity index (χ3n) is 5.10. The summed E-state index contributed by atoms with van der Waals surface area (Å²) in [6.45, 7) is 5.66. The first-order valence-corrected chi connectivity index (χ1v) is 11.3. The molecule has 0 spiro atoms. The number of fused-ring (bicyclic) bond motifs is 1. The molecule has 0 N–H and O–H groups in total. The highest BCUT2D eigenvalue weighted by molar-refractivity contribution is 7.91. The van der Waals surface area contributed by atoms with Crippen molar-refractivity contribution in [3.05, 3.63) is 60.8 Å². The van der Waals surface area contributed by atoms with Crippen LogP contribution in [-0.4, -0.2) is 33.9 Å². The van der Waals surface area contributed by atoms with Crippen LogP contribution < -0.4 is 0 Å². The first-order valence-electron chi connectivity index (χ1n) is 9.63. The van der Waals surface area contributed by atoms with Crippen molar-refractivity contribution in [3.8, 4) is 22.3 Å². The Morgan fingerprint density at radius 3 is 2.40 bits per heavy atom. The molecule has 0 saturated heterocycles. The molecular weight excluding hydrogens is 403 g/mol. The van der Waals surface area contributed by atoms with Crippen molar-refractivity contribution in [2.24, 2.45) is 0 Å². The van der Waals surface area contributed by atoms with Crippen LogP contribution in [0.5, 0.6) is 0 Å². The highest BCUT2D eigenvalue weighted by atomic mass is 32.2. The number of hydrogen-bond acceptors (Lipinski definition) is 5. The number of benzene rings is 2. The summed E-state index contributed by atoms with van der Waals surface area (Å²) >= 11 is 0. The lowest BCUT2D eigenvalue weighted by atomic mass is 9.99. The standard InChI is InChI=1S/C22H21FN4O2S/c1-4-30(28,29)17-8-5-15(6-9-17)18-11-16(7-10-20(18)23)19-12-25-26-22-21(19)24-13-27(22)14(2)3/h5-14H,4H2,1-3H3. The van der Waals surface area contributed by atoms with Crippen LogP contribution in [0.15, 0.2) is 59.9 Å². The molecule has 0 atom stereocenters. The van der Waals surface area contributed by atoms with E-state index in [-0.39, 0.29) is 16.7 Å². The molecule has 0 aliphatic heterocycles. The smallest absolute Gasteiger partial charge is 0.183 e. The molecule has 0 radical (unpaired) electrons. The predicted octanol–water partition coefficient (Wildman–Crippen LogP) is 4.67. The summed E-state index contributed by atoms with van der Waals surface area (Å²) in [5.41, 5.74) is 3.84. The lowest BCUT2D eigenvalue weighted by Crippen LogP contribution is -2.03. The van der Waals surface area contributed by atoms with Crippen LogP contribution in [0.3, 0.4) is 0 Å². The van der Waals surface area contributed by atoms with E-state index >= 15 is 0 Å². The quantitative estimate of drug-likeness (QED) is 0.465. The minimum Gasteiger partial charge on any atom is -0.311 e. The summed E-state index contributed by atoms with van der Waals surface area (Å²) in [5.74, 6) is -0.375. The third kappa shape index (κ3) is 3.47. The molecule has 0 saturated carbocycles. The van der Waals surface area contributed by atoms with Gasteiger partial charge in [-0.2, -0.15) is 5.10 Å². The van der Waals surface area contributed by atoms with Crippen molar-refractivity contribution in [2.45, 2.75) is 31.7 Å². The van der Waals surface area contributed by atoms with E-state index in [2.05, 4.69) is 15.2 Å². The Hall–Kier alpha value is -3.13. The molecule has 30 heavy (non-hydrogen) atoms. The van der Waals surface area contributed by atoms with Gasteiger partial charge < -0.3 is 4.57 Å². The fourth-order valence-corrected chi connectivity index (χ4v) is 4.24. The molecule has 6 nitrogen and oxygen atoms in total. The van der Waals surface area contributed by atoms with Gasteiger partial charge in [-0.1, -0.05) is 25.1 Å². The molecule has 2 aromatic carbocycles. The van der Waals surface area contributed by atoms with Gasteiger partial charge in [-0.25, -0.2) is 17.8 Å². The zero-order valence-corrected chi connectivity index (χ0v) is 17.7. The van der Waals surface area contributed by atoms with Crippen LogP contribution in [0.1, 0.15) is 26.8 Å². The summed E-state index contributed by atoms with van der Waals surface area (Å²) < 4.78 is 40.6. The zero-order valence-electron chi connectivity index (χ0n) is 16.9. The van der Waals surface area contributed by atoms with Gasteiger partial charge in [0.25, 0.3) is 0 Å². The third-order valence-corrected chi connectivity index (χ3v) is 6.85. The van der Waals surface area contributed by atoms with Gasteiger partial charge in [0.2, 0.25) is 0 Å². The molecule has 0 aliphatic rings. The molecule has 154 valence electrons. The second-order valence-electron chi connectivity index (χ2n) is 7.30. The molecule has 0 unspecified atom stereocenters. The van der Waals surface area contributed by atoms with Gasteiger partial charge in [0.15, 0.2) is 15.5 Å². The van der Waals surface area contributed by atoms with Crippen molar-refractivity contribution in [2.75, 3.05) is 5.75 Å². The number of hydrogen-bond donors (Lipinski definition) is 0. The van der Waals surface area contributed by atoms with E-state index in [1.807, 2.05) is 18.4 Å². The first-order chi connectivity index (χ1) is 14.3. The lowest BCUT2D eigenvalue weighted by molar-refractivity contribution is 0.597. The number of aromatic nitrogens is 4. The molecule has 0 aliphatic carbocycles. The Labute approximate surface area is 174 Å². The number of imidazole rings is 1. The van der Waals surface area contributed by atoms with Crippen molar-refractivity contribution in [1.29, 1.82) is 0 Å². The molecule has 8 heteroatoms. The van der Waals surface area contributed by atoms with E-state index in [0.717, 1.165) is 11.1 Å². The van der Waals surface area contributed by atoms with E-state index in [1.165, 1.54) is 18.2 Å². The van der Waals surface area contributed by atoms with Crippen LogP contribution >= 0.6 is 0 Å². The Bertz CT molecular complexity index is 1330. The maximum absolute atomic E-state index is 14.6. The van der Waals surface area contributed by atoms with Crippen LogP contribution in [0.2, 0.25) is 0 Å². The van der Waals surface area contributed by atoms with Crippen molar-refractivity contribution < 1.29 is 12.8 Å². The minimum atomic E-state index is -3.31. The monoisotopic (exact) mass is 424 g/mol. The molecular formula is C22H21FN4O2S. The fourth-order valence-electron chi connectivity index (χ4n) is 3.36. The zero-order chi connectivity index (χ0) is 21.5. The van der Waals surface area contributed by atoms with Gasteiger partial charge in [-0.3, -0.25) is 0 Å². The van der Waals surface area contributed by atoms with Gasteiger partial charge in [-0.05, 0) is 49.2 Å². The first kappa shape index (κ1) is 20.2. The summed E-state index contributed by atoms with van der Waals surface area (Å²) in [7, 11) is -3.31. The average molecular weight is 425 g/mol. The average Bonchev–Trinajstić information content (AvgIpc) is 3.19. The van der Waals surface area contributed by atoms with E-state index in [1.54, 1.807) is 43.7 Å². The van der Waals surface area contributed by atoms with Gasteiger partial charge in [-0.15, -0.1) is 5.10 Å². The predicted molar refractivity (Wildman–Crippen MR) is 114 cm³/mol. The van der Waals surface area contributed by atoms with Crippen LogP contribution in [0.25, 0.3) is 33.4 Å². The normalized spacial score (nSPS) is 12.0. The van der Waals surface area contributed by atoms with Gasteiger partial charge >= 0.3 is 0 Å². The Morgan fingerprint density at radius 2 is 1.73 bits per heavy atom. The van der Waals surface area contributed by atoms with Gasteiger partial charge in [0.1, 0.15) is 11.3 Å². The van der Waals surface area contributed by atoms with E-state index in [9.17, 15) is 12.8 Å². The molecule has 2 aromatic heterocycles. The van der Waals surface area contributed by atoms with Crippen molar-refractivity contribution >= 4 is 21.0 Å². The molecule has 4 rings (SSSR count). The van der Waals surface area contributed by atoms with Crippen molar-refractivity contribution in [3.63, 3.8) is 0 Å². The van der Waals surface area contributed by atoms with Crippen LogP contribution in [0, 0.1) is 5.82 Å². The second kappa shape index (κ2) is 7.60. The van der Waals surface area contributed by atoms with E-state index in [0.29, 0.717) is 22.3 Å². The lowest BCUT2D eigenvalue weighted by Gasteiger charge is -2.10. The molecule has 2 heterocycles. The van der Waals surface area contributed by atoms with Gasteiger partial charge in [0.05, 0.1) is 23.2 Å². The summed E-state index contributed by atoms with van der Waals surface area (Å²) in [4.78, 5) is 4.72. The van der Waals surface area contributed by atoms with Crippen LogP contribution in [-0.2, 0) is 9.84 Å². The Balaban J connectivity index is 1.81. The summed E-state index contributed by atoms with van der Waals surface area (Å²) in [5, 5.41) is 8.31. The molecule has 0 fully saturated rings. The maximum atomic E-state index is 14.6. The summed E-state index contributed by atoms with van der Waals surface area (Å²) in [6, 6.07) is 11.3. The van der Waals surface area contributed by atoms with Gasteiger partial charge in [0, 0.05) is 17.2 Å². The SMILES string of the molecule is CCS(=O)(=O)c1ccc(-c2cc(-c3cnnc4c3ncn4C(C)C)ccc2F)cc1. The molecule has 0 bridgehead atoms. The number of sulfone groups is 1.